The third-order valence-electron chi connectivity index (χ3n) is 6.04. The number of pyridine rings is 1. The number of nitrogens with one attached hydrogen (secondary N) is 1. The molecule has 0 aliphatic carbocycles. The van der Waals surface area contributed by atoms with Crippen molar-refractivity contribution in [3.05, 3.63) is 84.2 Å². The first-order chi connectivity index (χ1) is 17.5. The smallest absolute Gasteiger partial charge is 0.339 e. The van der Waals surface area contributed by atoms with E-state index in [4.69, 9.17) is 9.72 Å². The van der Waals surface area contributed by atoms with Crippen molar-refractivity contribution in [1.29, 1.82) is 0 Å². The summed E-state index contributed by atoms with van der Waals surface area (Å²) in [5.41, 5.74) is 3.39. The molecule has 2 aromatic carbocycles. The number of rotatable bonds is 5. The number of para-hydroxylation sites is 1. The van der Waals surface area contributed by atoms with Crippen LogP contribution in [0.5, 0.6) is 0 Å². The summed E-state index contributed by atoms with van der Waals surface area (Å²) in [5.74, 6) is 0.184. The fourth-order valence-electron chi connectivity index (χ4n) is 4.31. The summed E-state index contributed by atoms with van der Waals surface area (Å²) < 4.78 is 35.4. The first kappa shape index (κ1) is 24.6. The van der Waals surface area contributed by atoms with E-state index in [2.05, 4.69) is 5.32 Å². The fourth-order valence-corrected chi connectivity index (χ4v) is 5.68. The SMILES string of the molecule is COC(=O)c1ccc2nc(-c3cn(S(=O)(=O)c4ccc(C)cc4)c4ccccc34)c(NC(C)(C)C)n2c1. The molecular formula is C28H28N4O4S. The third kappa shape index (κ3) is 4.35. The summed E-state index contributed by atoms with van der Waals surface area (Å²) in [4.78, 5) is 17.3. The van der Waals surface area contributed by atoms with Crippen LogP contribution in [0.1, 0.15) is 36.7 Å². The molecule has 3 aromatic heterocycles. The molecule has 0 fully saturated rings. The molecule has 1 N–H and O–H groups in total. The van der Waals surface area contributed by atoms with E-state index in [0.29, 0.717) is 33.8 Å². The molecule has 3 heterocycles. The van der Waals surface area contributed by atoms with Gasteiger partial charge in [0.05, 0.1) is 23.1 Å². The Balaban J connectivity index is 1.79. The summed E-state index contributed by atoms with van der Waals surface area (Å²) in [6.07, 6.45) is 3.30. The minimum Gasteiger partial charge on any atom is -0.465 e. The summed E-state index contributed by atoms with van der Waals surface area (Å²) in [5, 5.41) is 4.24. The van der Waals surface area contributed by atoms with Gasteiger partial charge in [-0.15, -0.1) is 0 Å². The number of hydrogen-bond acceptors (Lipinski definition) is 6. The van der Waals surface area contributed by atoms with Crippen LogP contribution in [0.4, 0.5) is 5.82 Å². The van der Waals surface area contributed by atoms with E-state index in [1.807, 2.05) is 45.9 Å². The highest BCUT2D eigenvalue weighted by Crippen LogP contribution is 2.38. The summed E-state index contributed by atoms with van der Waals surface area (Å²) >= 11 is 0. The molecule has 8 nitrogen and oxygen atoms in total. The van der Waals surface area contributed by atoms with Gasteiger partial charge in [-0.2, -0.15) is 0 Å². The molecule has 5 rings (SSSR count). The number of benzene rings is 2. The van der Waals surface area contributed by atoms with Crippen molar-refractivity contribution in [3.63, 3.8) is 0 Å². The van der Waals surface area contributed by atoms with Crippen molar-refractivity contribution < 1.29 is 17.9 Å². The monoisotopic (exact) mass is 516 g/mol. The van der Waals surface area contributed by atoms with Gasteiger partial charge in [0.25, 0.3) is 10.0 Å². The zero-order valence-corrected chi connectivity index (χ0v) is 22.1. The van der Waals surface area contributed by atoms with Gasteiger partial charge in [-0.3, -0.25) is 4.40 Å². The summed E-state index contributed by atoms with van der Waals surface area (Å²) in [7, 11) is -2.53. The highest BCUT2D eigenvalue weighted by Gasteiger charge is 2.26. The van der Waals surface area contributed by atoms with Gasteiger partial charge in [0.1, 0.15) is 17.2 Å². The Labute approximate surface area is 215 Å². The van der Waals surface area contributed by atoms with Crippen molar-refractivity contribution in [2.75, 3.05) is 12.4 Å². The number of fused-ring (bicyclic) bond motifs is 2. The van der Waals surface area contributed by atoms with Crippen LogP contribution in [0.25, 0.3) is 27.8 Å². The number of anilines is 1. The standard InChI is InChI=1S/C28H28N4O4S/c1-18-10-13-20(14-11-18)37(34,35)32-17-22(21-8-6-7-9-23(21)32)25-26(30-28(2,3)4)31-16-19(27(33)36-5)12-15-24(31)29-25/h6-17,30H,1-5H3. The van der Waals surface area contributed by atoms with E-state index in [9.17, 15) is 13.2 Å². The highest BCUT2D eigenvalue weighted by molar-refractivity contribution is 7.90. The number of esters is 1. The number of imidazole rings is 1. The Bertz CT molecular complexity index is 1760. The van der Waals surface area contributed by atoms with Gasteiger partial charge < -0.3 is 10.1 Å². The van der Waals surface area contributed by atoms with Gasteiger partial charge in [0.2, 0.25) is 0 Å². The molecule has 9 heteroatoms. The lowest BCUT2D eigenvalue weighted by Gasteiger charge is -2.22. The average molecular weight is 517 g/mol. The van der Waals surface area contributed by atoms with Crippen LogP contribution in [-0.2, 0) is 14.8 Å². The molecule has 0 saturated heterocycles. The molecule has 0 bridgehead atoms. The van der Waals surface area contributed by atoms with Crippen molar-refractivity contribution in [2.24, 2.45) is 0 Å². The number of aromatic nitrogens is 3. The van der Waals surface area contributed by atoms with Gasteiger partial charge in [0.15, 0.2) is 0 Å². The van der Waals surface area contributed by atoms with Gasteiger partial charge in [-0.25, -0.2) is 22.2 Å². The van der Waals surface area contributed by atoms with Crippen LogP contribution in [0.2, 0.25) is 0 Å². The molecule has 0 aliphatic rings. The maximum Gasteiger partial charge on any atom is 0.339 e. The van der Waals surface area contributed by atoms with E-state index in [-0.39, 0.29) is 10.4 Å². The average Bonchev–Trinajstić information content (AvgIpc) is 3.41. The number of methoxy groups -OCH3 is 1. The largest absolute Gasteiger partial charge is 0.465 e. The molecule has 37 heavy (non-hydrogen) atoms. The van der Waals surface area contributed by atoms with Crippen molar-refractivity contribution in [3.8, 4) is 11.3 Å². The van der Waals surface area contributed by atoms with Crippen LogP contribution >= 0.6 is 0 Å². The number of aryl methyl sites for hydroxylation is 1. The lowest BCUT2D eigenvalue weighted by molar-refractivity contribution is 0.0600. The predicted octanol–water partition coefficient (Wildman–Crippen LogP) is 5.50. The second-order valence-corrected chi connectivity index (χ2v) is 11.8. The first-order valence-electron chi connectivity index (χ1n) is 11.8. The molecule has 0 amide bonds. The molecule has 0 saturated carbocycles. The third-order valence-corrected chi connectivity index (χ3v) is 7.73. The van der Waals surface area contributed by atoms with Crippen molar-refractivity contribution in [1.82, 2.24) is 13.4 Å². The quantitative estimate of drug-likeness (QED) is 0.310. The highest BCUT2D eigenvalue weighted by atomic mass is 32.2. The molecule has 0 unspecified atom stereocenters. The van der Waals surface area contributed by atoms with Crippen LogP contribution in [0.15, 0.2) is 78.0 Å². The molecule has 5 aromatic rings. The molecule has 0 spiro atoms. The van der Waals surface area contributed by atoms with E-state index >= 15 is 0 Å². The first-order valence-corrected chi connectivity index (χ1v) is 13.2. The zero-order chi connectivity index (χ0) is 26.5. The number of ether oxygens (including phenoxy) is 1. The van der Waals surface area contributed by atoms with Crippen LogP contribution in [0, 0.1) is 6.92 Å². The van der Waals surface area contributed by atoms with Crippen molar-refractivity contribution >= 4 is 38.4 Å². The van der Waals surface area contributed by atoms with Gasteiger partial charge in [-0.1, -0.05) is 35.9 Å². The minimum absolute atomic E-state index is 0.205. The fraction of sp³-hybridized carbons (Fsp3) is 0.214. The van der Waals surface area contributed by atoms with Crippen molar-refractivity contribution in [2.45, 2.75) is 38.1 Å². The van der Waals surface area contributed by atoms with Crippen LogP contribution in [-0.4, -0.2) is 40.4 Å². The van der Waals surface area contributed by atoms with Gasteiger partial charge >= 0.3 is 5.97 Å². The summed E-state index contributed by atoms with van der Waals surface area (Å²) in [6, 6.07) is 17.6. The zero-order valence-electron chi connectivity index (χ0n) is 21.3. The Hall–Kier alpha value is -4.11. The van der Waals surface area contributed by atoms with Gasteiger partial charge in [-0.05, 0) is 58.0 Å². The molecule has 0 radical (unpaired) electrons. The molecular weight excluding hydrogens is 488 g/mol. The second-order valence-electron chi connectivity index (χ2n) is 10.00. The van der Waals surface area contributed by atoms with Gasteiger partial charge in [0, 0.05) is 28.9 Å². The Kier molecular flexibility index (Phi) is 5.83. The van der Waals surface area contributed by atoms with Crippen LogP contribution < -0.4 is 5.32 Å². The maximum atomic E-state index is 13.7. The van der Waals surface area contributed by atoms with E-state index in [1.54, 1.807) is 59.3 Å². The minimum atomic E-state index is -3.87. The second kappa shape index (κ2) is 8.77. The number of carbonyl (C=O) groups excluding carboxylic acids is 1. The van der Waals surface area contributed by atoms with E-state index in [0.717, 1.165) is 10.9 Å². The molecule has 0 atom stereocenters. The van der Waals surface area contributed by atoms with Crippen LogP contribution in [0.3, 0.4) is 0 Å². The topological polar surface area (TPSA) is 94.7 Å². The van der Waals surface area contributed by atoms with E-state index in [1.165, 1.54) is 11.1 Å². The Morgan fingerprint density at radius 1 is 0.973 bits per heavy atom. The van der Waals surface area contributed by atoms with E-state index < -0.39 is 16.0 Å². The predicted molar refractivity (Wildman–Crippen MR) is 145 cm³/mol. The normalized spacial score (nSPS) is 12.2. The lowest BCUT2D eigenvalue weighted by atomic mass is 10.1. The summed E-state index contributed by atoms with van der Waals surface area (Å²) in [6.45, 7) is 7.97. The maximum absolute atomic E-state index is 13.7. The number of carbonyl (C=O) groups is 1. The number of nitrogens with zero attached hydrogens (tertiary/aromatic N) is 3. The molecule has 190 valence electrons. The number of hydrogen-bond donors (Lipinski definition) is 1. The molecule has 0 aliphatic heterocycles. The Morgan fingerprint density at radius 3 is 2.35 bits per heavy atom. The Morgan fingerprint density at radius 2 is 1.68 bits per heavy atom. The lowest BCUT2D eigenvalue weighted by Crippen LogP contribution is -2.27.